The average molecular weight is 452 g/mol. The molecule has 2 aromatic carbocycles. The number of nitrogens with zero attached hydrogens (tertiary/aromatic N) is 4. The molecule has 2 aliphatic rings. The van der Waals surface area contributed by atoms with E-state index < -0.39 is 0 Å². The van der Waals surface area contributed by atoms with Gasteiger partial charge < -0.3 is 10.2 Å². The summed E-state index contributed by atoms with van der Waals surface area (Å²) in [5.74, 6) is 0.138. The summed E-state index contributed by atoms with van der Waals surface area (Å²) in [7, 11) is 0. The smallest absolute Gasteiger partial charge is 0.278 e. The van der Waals surface area contributed by atoms with Crippen LogP contribution in [0.4, 0.5) is 11.4 Å². The van der Waals surface area contributed by atoms with Crippen molar-refractivity contribution >= 4 is 33.2 Å². The highest BCUT2D eigenvalue weighted by atomic mass is 79.9. The van der Waals surface area contributed by atoms with Gasteiger partial charge in [-0.15, -0.1) is 5.10 Å². The van der Waals surface area contributed by atoms with Gasteiger partial charge in [0.05, 0.1) is 11.4 Å². The second-order valence-corrected chi connectivity index (χ2v) is 8.60. The van der Waals surface area contributed by atoms with Gasteiger partial charge in [-0.3, -0.25) is 4.79 Å². The predicted octanol–water partition coefficient (Wildman–Crippen LogP) is 4.76. The molecule has 1 aliphatic carbocycles. The topological polar surface area (TPSA) is 63.1 Å². The molecule has 29 heavy (non-hydrogen) atoms. The molecule has 7 heteroatoms. The first-order valence-electron chi connectivity index (χ1n) is 10.1. The van der Waals surface area contributed by atoms with Crippen LogP contribution in [0.1, 0.15) is 47.8 Å². The molecule has 1 saturated heterocycles. The van der Waals surface area contributed by atoms with Gasteiger partial charge in [0.25, 0.3) is 5.91 Å². The Balaban J connectivity index is 1.42. The number of carbonyl (C=O) groups is 1. The van der Waals surface area contributed by atoms with Crippen LogP contribution >= 0.6 is 15.9 Å². The SMILES string of the molecule is O=C(Nc1cccc(N2CCCC2)c1)c1nnn(-c2ccc(Br)cc2)c1C1CC1. The fraction of sp³-hybridized carbons (Fsp3) is 0.318. The molecule has 0 atom stereocenters. The van der Waals surface area contributed by atoms with Crippen molar-refractivity contribution in [2.75, 3.05) is 23.3 Å². The highest BCUT2D eigenvalue weighted by molar-refractivity contribution is 9.10. The van der Waals surface area contributed by atoms with Gasteiger partial charge in [-0.25, -0.2) is 4.68 Å². The van der Waals surface area contributed by atoms with Crippen LogP contribution in [0.25, 0.3) is 5.69 Å². The van der Waals surface area contributed by atoms with Crippen molar-refractivity contribution in [3.8, 4) is 5.69 Å². The van der Waals surface area contributed by atoms with Gasteiger partial charge >= 0.3 is 0 Å². The molecular formula is C22H22BrN5O. The molecule has 3 aromatic rings. The van der Waals surface area contributed by atoms with Crippen molar-refractivity contribution in [1.82, 2.24) is 15.0 Å². The van der Waals surface area contributed by atoms with Gasteiger partial charge in [-0.05, 0) is 68.1 Å². The molecule has 0 bridgehead atoms. The molecule has 0 unspecified atom stereocenters. The maximum Gasteiger partial charge on any atom is 0.278 e. The highest BCUT2D eigenvalue weighted by Gasteiger charge is 2.34. The van der Waals surface area contributed by atoms with Crippen LogP contribution in [0, 0.1) is 0 Å². The number of nitrogens with one attached hydrogen (secondary N) is 1. The lowest BCUT2D eigenvalue weighted by molar-refractivity contribution is 0.102. The molecule has 2 heterocycles. The summed E-state index contributed by atoms with van der Waals surface area (Å²) in [6, 6.07) is 15.9. The number of hydrogen-bond acceptors (Lipinski definition) is 4. The number of benzene rings is 2. The summed E-state index contributed by atoms with van der Waals surface area (Å²) in [4.78, 5) is 15.4. The Morgan fingerprint density at radius 1 is 1.03 bits per heavy atom. The molecule has 148 valence electrons. The Kier molecular flexibility index (Phi) is 4.83. The molecule has 2 fully saturated rings. The molecule has 1 saturated carbocycles. The van der Waals surface area contributed by atoms with E-state index >= 15 is 0 Å². The zero-order valence-electron chi connectivity index (χ0n) is 16.0. The van der Waals surface area contributed by atoms with Crippen LogP contribution in [0.3, 0.4) is 0 Å². The van der Waals surface area contributed by atoms with Gasteiger partial charge in [0.2, 0.25) is 0 Å². The number of halogens is 1. The van der Waals surface area contributed by atoms with Gasteiger partial charge in [-0.1, -0.05) is 27.2 Å². The second kappa shape index (κ2) is 7.63. The number of anilines is 2. The summed E-state index contributed by atoms with van der Waals surface area (Å²) in [5, 5.41) is 11.6. The van der Waals surface area contributed by atoms with E-state index in [1.54, 1.807) is 4.68 Å². The number of aromatic nitrogens is 3. The highest BCUT2D eigenvalue weighted by Crippen LogP contribution is 2.42. The van der Waals surface area contributed by atoms with Crippen molar-refractivity contribution in [3.05, 3.63) is 64.4 Å². The van der Waals surface area contributed by atoms with E-state index in [0.717, 1.165) is 53.2 Å². The Labute approximate surface area is 178 Å². The van der Waals surface area contributed by atoms with E-state index in [1.165, 1.54) is 12.8 Å². The fourth-order valence-electron chi connectivity index (χ4n) is 3.89. The lowest BCUT2D eigenvalue weighted by Crippen LogP contribution is -2.18. The maximum atomic E-state index is 13.1. The van der Waals surface area contributed by atoms with Crippen molar-refractivity contribution < 1.29 is 4.79 Å². The Bertz CT molecular complexity index is 1040. The largest absolute Gasteiger partial charge is 0.371 e. The lowest BCUT2D eigenvalue weighted by atomic mass is 10.2. The van der Waals surface area contributed by atoms with Crippen molar-refractivity contribution in [1.29, 1.82) is 0 Å². The minimum atomic E-state index is -0.200. The number of carbonyl (C=O) groups excluding carboxylic acids is 1. The van der Waals surface area contributed by atoms with E-state index in [2.05, 4.69) is 42.5 Å². The van der Waals surface area contributed by atoms with Gasteiger partial charge in [-0.2, -0.15) is 0 Å². The summed E-state index contributed by atoms with van der Waals surface area (Å²) >= 11 is 3.46. The van der Waals surface area contributed by atoms with E-state index in [1.807, 2.05) is 42.5 Å². The molecule has 0 radical (unpaired) electrons. The number of rotatable bonds is 5. The third-order valence-corrected chi connectivity index (χ3v) is 6.06. The predicted molar refractivity (Wildman–Crippen MR) is 117 cm³/mol. The zero-order chi connectivity index (χ0) is 19.8. The Morgan fingerprint density at radius 3 is 2.52 bits per heavy atom. The van der Waals surface area contributed by atoms with E-state index in [-0.39, 0.29) is 5.91 Å². The van der Waals surface area contributed by atoms with Crippen LogP contribution in [-0.4, -0.2) is 34.0 Å². The quantitative estimate of drug-likeness (QED) is 0.607. The van der Waals surface area contributed by atoms with Crippen LogP contribution in [-0.2, 0) is 0 Å². The first-order valence-corrected chi connectivity index (χ1v) is 10.9. The minimum absolute atomic E-state index is 0.200. The molecule has 1 N–H and O–H groups in total. The van der Waals surface area contributed by atoms with Crippen LogP contribution < -0.4 is 10.2 Å². The summed E-state index contributed by atoms with van der Waals surface area (Å²) in [6.45, 7) is 2.15. The lowest BCUT2D eigenvalue weighted by Gasteiger charge is -2.18. The molecular weight excluding hydrogens is 430 g/mol. The van der Waals surface area contributed by atoms with Crippen LogP contribution in [0.2, 0.25) is 0 Å². The molecule has 1 amide bonds. The number of hydrogen-bond donors (Lipinski definition) is 1. The van der Waals surface area contributed by atoms with E-state index in [9.17, 15) is 4.79 Å². The zero-order valence-corrected chi connectivity index (χ0v) is 17.6. The first kappa shape index (κ1) is 18.4. The second-order valence-electron chi connectivity index (χ2n) is 7.68. The normalized spacial score (nSPS) is 16.2. The Morgan fingerprint density at radius 2 is 1.79 bits per heavy atom. The summed E-state index contributed by atoms with van der Waals surface area (Å²) in [5.41, 5.74) is 4.18. The first-order chi connectivity index (χ1) is 14.2. The molecule has 6 nitrogen and oxygen atoms in total. The Hall–Kier alpha value is -2.67. The summed E-state index contributed by atoms with van der Waals surface area (Å²) < 4.78 is 2.81. The molecule has 5 rings (SSSR count). The van der Waals surface area contributed by atoms with Crippen molar-refractivity contribution in [3.63, 3.8) is 0 Å². The van der Waals surface area contributed by atoms with E-state index in [0.29, 0.717) is 11.6 Å². The fourth-order valence-corrected chi connectivity index (χ4v) is 4.16. The van der Waals surface area contributed by atoms with Gasteiger partial charge in [0.15, 0.2) is 5.69 Å². The van der Waals surface area contributed by atoms with Gasteiger partial charge in [0, 0.05) is 34.9 Å². The number of amides is 1. The third kappa shape index (κ3) is 3.79. The third-order valence-electron chi connectivity index (χ3n) is 5.53. The van der Waals surface area contributed by atoms with Crippen LogP contribution in [0.15, 0.2) is 53.0 Å². The molecule has 1 aliphatic heterocycles. The van der Waals surface area contributed by atoms with E-state index in [4.69, 9.17) is 0 Å². The average Bonchev–Trinajstić information content (AvgIpc) is 3.25. The molecule has 1 aromatic heterocycles. The summed E-state index contributed by atoms with van der Waals surface area (Å²) in [6.07, 6.45) is 4.57. The maximum absolute atomic E-state index is 13.1. The van der Waals surface area contributed by atoms with Crippen molar-refractivity contribution in [2.24, 2.45) is 0 Å². The van der Waals surface area contributed by atoms with Gasteiger partial charge in [0.1, 0.15) is 0 Å². The standard InChI is InChI=1S/C22H22BrN5O/c23-16-8-10-18(11-9-16)28-21(15-6-7-15)20(25-26-28)22(29)24-17-4-3-5-19(14-17)27-12-1-2-13-27/h3-5,8-11,14-15H,1-2,6-7,12-13H2,(H,24,29). The molecule has 0 spiro atoms. The minimum Gasteiger partial charge on any atom is -0.371 e. The van der Waals surface area contributed by atoms with Crippen LogP contribution in [0.5, 0.6) is 0 Å². The monoisotopic (exact) mass is 451 g/mol. The van der Waals surface area contributed by atoms with Crippen molar-refractivity contribution in [2.45, 2.75) is 31.6 Å².